The average molecular weight is 327 g/mol. The van der Waals surface area contributed by atoms with Crippen molar-refractivity contribution in [2.75, 3.05) is 24.6 Å². The molecule has 0 bridgehead atoms. The van der Waals surface area contributed by atoms with E-state index in [1.165, 1.54) is 0 Å². The van der Waals surface area contributed by atoms with Gasteiger partial charge in [0.1, 0.15) is 18.2 Å². The fourth-order valence-corrected chi connectivity index (χ4v) is 2.60. The molecular formula is C18H18FN3O2. The molecule has 2 N–H and O–H groups in total. The number of aromatic nitrogens is 1. The highest BCUT2D eigenvalue weighted by Gasteiger charge is 2.26. The Morgan fingerprint density at radius 3 is 2.96 bits per heavy atom. The maximum atomic E-state index is 12.7. The smallest absolute Gasteiger partial charge is 0.259 e. The van der Waals surface area contributed by atoms with Gasteiger partial charge in [0.15, 0.2) is 0 Å². The number of pyridine rings is 1. The summed E-state index contributed by atoms with van der Waals surface area (Å²) in [6.07, 6.45) is 2.84. The van der Waals surface area contributed by atoms with Crippen LogP contribution in [0.25, 0.3) is 0 Å². The maximum Gasteiger partial charge on any atom is 0.259 e. The van der Waals surface area contributed by atoms with E-state index in [2.05, 4.69) is 4.98 Å². The number of fused-ring (bicyclic) bond motifs is 1. The average Bonchev–Trinajstić information content (AvgIpc) is 2.63. The first-order valence-corrected chi connectivity index (χ1v) is 7.69. The number of amides is 1. The second-order valence-electron chi connectivity index (χ2n) is 5.47. The van der Waals surface area contributed by atoms with E-state index in [-0.39, 0.29) is 19.1 Å². The molecule has 2 heterocycles. The number of rotatable bonds is 5. The molecule has 2 aromatic rings. The molecule has 24 heavy (non-hydrogen) atoms. The highest BCUT2D eigenvalue weighted by molar-refractivity contribution is 6.07. The monoisotopic (exact) mass is 327 g/mol. The number of hydrogen-bond donors (Lipinski definition) is 1. The van der Waals surface area contributed by atoms with Crippen molar-refractivity contribution >= 4 is 11.7 Å². The van der Waals surface area contributed by atoms with Crippen LogP contribution in [0.4, 0.5) is 10.2 Å². The summed E-state index contributed by atoms with van der Waals surface area (Å²) in [6, 6.07) is 10.8. The first-order chi connectivity index (χ1) is 11.7. The van der Waals surface area contributed by atoms with Crippen LogP contribution in [-0.4, -0.2) is 30.6 Å². The van der Waals surface area contributed by atoms with Gasteiger partial charge in [-0.25, -0.2) is 9.37 Å². The van der Waals surface area contributed by atoms with Crippen LogP contribution in [0.5, 0.6) is 5.75 Å². The molecule has 0 unspecified atom stereocenters. The number of benzene rings is 1. The van der Waals surface area contributed by atoms with Gasteiger partial charge in [0, 0.05) is 30.4 Å². The molecule has 1 aromatic heterocycles. The van der Waals surface area contributed by atoms with E-state index in [1.54, 1.807) is 23.2 Å². The topological polar surface area (TPSA) is 68.5 Å². The summed E-state index contributed by atoms with van der Waals surface area (Å²) in [5, 5.41) is 0. The minimum absolute atomic E-state index is 0.0761. The van der Waals surface area contributed by atoms with Gasteiger partial charge in [-0.2, -0.15) is 0 Å². The number of nitrogens with zero attached hydrogens (tertiary/aromatic N) is 2. The van der Waals surface area contributed by atoms with Gasteiger partial charge in [-0.15, -0.1) is 0 Å². The van der Waals surface area contributed by atoms with Crippen LogP contribution in [0.15, 0.2) is 54.5 Å². The van der Waals surface area contributed by atoms with Crippen LogP contribution >= 0.6 is 0 Å². The maximum absolute atomic E-state index is 12.7. The molecule has 1 amide bonds. The number of halogens is 1. The molecule has 0 atom stereocenters. The summed E-state index contributed by atoms with van der Waals surface area (Å²) in [6.45, 7) is 0.767. The third-order valence-corrected chi connectivity index (χ3v) is 3.92. The Balaban J connectivity index is 1.77. The predicted molar refractivity (Wildman–Crippen MR) is 89.8 cm³/mol. The van der Waals surface area contributed by atoms with E-state index in [1.807, 2.05) is 24.3 Å². The Labute approximate surface area is 139 Å². The second kappa shape index (κ2) is 7.23. The van der Waals surface area contributed by atoms with E-state index in [0.717, 1.165) is 5.56 Å². The summed E-state index contributed by atoms with van der Waals surface area (Å²) in [4.78, 5) is 18.6. The van der Waals surface area contributed by atoms with Gasteiger partial charge >= 0.3 is 0 Å². The Bertz CT molecular complexity index is 762. The van der Waals surface area contributed by atoms with Crippen molar-refractivity contribution < 1.29 is 13.9 Å². The zero-order valence-corrected chi connectivity index (χ0v) is 13.1. The van der Waals surface area contributed by atoms with Crippen molar-refractivity contribution in [1.29, 1.82) is 0 Å². The molecule has 5 nitrogen and oxygen atoms in total. The van der Waals surface area contributed by atoms with E-state index in [4.69, 9.17) is 10.5 Å². The number of anilines is 1. The zero-order valence-electron chi connectivity index (χ0n) is 13.1. The first-order valence-electron chi connectivity index (χ1n) is 7.69. The number of carbonyl (C=O) groups is 1. The lowest BCUT2D eigenvalue weighted by atomic mass is 9.98. The van der Waals surface area contributed by atoms with Gasteiger partial charge in [-0.3, -0.25) is 9.69 Å². The SMILES string of the molecule is NC/C(=C/F)COc1ccc2c(c1)CCN(c1ccccn1)C2=O. The van der Waals surface area contributed by atoms with Crippen LogP contribution in [-0.2, 0) is 6.42 Å². The summed E-state index contributed by atoms with van der Waals surface area (Å²) in [5.74, 6) is 1.17. The van der Waals surface area contributed by atoms with Gasteiger partial charge in [-0.05, 0) is 42.3 Å². The van der Waals surface area contributed by atoms with Crippen LogP contribution in [0.1, 0.15) is 15.9 Å². The largest absolute Gasteiger partial charge is 0.489 e. The van der Waals surface area contributed by atoms with Crippen LogP contribution in [0.3, 0.4) is 0 Å². The summed E-state index contributed by atoms with van der Waals surface area (Å²) in [7, 11) is 0. The lowest BCUT2D eigenvalue weighted by Crippen LogP contribution is -2.38. The number of hydrogen-bond acceptors (Lipinski definition) is 4. The quantitative estimate of drug-likeness (QED) is 0.916. The summed E-state index contributed by atoms with van der Waals surface area (Å²) >= 11 is 0. The molecule has 6 heteroatoms. The molecule has 0 aliphatic carbocycles. The molecule has 124 valence electrons. The third-order valence-electron chi connectivity index (χ3n) is 3.92. The lowest BCUT2D eigenvalue weighted by Gasteiger charge is -2.28. The molecule has 1 aliphatic heterocycles. The van der Waals surface area contributed by atoms with E-state index < -0.39 is 0 Å². The Morgan fingerprint density at radius 2 is 2.25 bits per heavy atom. The molecular weight excluding hydrogens is 309 g/mol. The number of ether oxygens (including phenoxy) is 1. The van der Waals surface area contributed by atoms with Crippen molar-refractivity contribution in [2.45, 2.75) is 6.42 Å². The van der Waals surface area contributed by atoms with Gasteiger partial charge in [0.05, 0.1) is 6.33 Å². The predicted octanol–water partition coefficient (Wildman–Crippen LogP) is 2.48. The van der Waals surface area contributed by atoms with Crippen molar-refractivity contribution in [3.63, 3.8) is 0 Å². The normalized spacial score (nSPS) is 14.5. The summed E-state index contributed by atoms with van der Waals surface area (Å²) in [5.41, 5.74) is 7.34. The standard InChI is InChI=1S/C18H18FN3O2/c19-10-13(11-20)12-24-15-4-5-16-14(9-15)6-8-22(18(16)23)17-3-1-2-7-21-17/h1-5,7,9-10H,6,8,11-12,20H2/b13-10-. The zero-order chi connectivity index (χ0) is 16.9. The van der Waals surface area contributed by atoms with Crippen molar-refractivity contribution in [3.8, 4) is 5.75 Å². The lowest BCUT2D eigenvalue weighted by molar-refractivity contribution is 0.0980. The van der Waals surface area contributed by atoms with E-state index in [0.29, 0.717) is 42.0 Å². The van der Waals surface area contributed by atoms with Crippen molar-refractivity contribution in [3.05, 3.63) is 65.6 Å². The van der Waals surface area contributed by atoms with Crippen LogP contribution in [0, 0.1) is 0 Å². The minimum atomic E-state index is -0.0761. The highest BCUT2D eigenvalue weighted by atomic mass is 19.1. The van der Waals surface area contributed by atoms with Gasteiger partial charge in [0.2, 0.25) is 0 Å². The first kappa shape index (κ1) is 16.1. The van der Waals surface area contributed by atoms with E-state index >= 15 is 0 Å². The van der Waals surface area contributed by atoms with Crippen molar-refractivity contribution in [2.24, 2.45) is 5.73 Å². The minimum Gasteiger partial charge on any atom is -0.489 e. The van der Waals surface area contributed by atoms with E-state index in [9.17, 15) is 9.18 Å². The molecule has 0 saturated carbocycles. The van der Waals surface area contributed by atoms with Gasteiger partial charge in [0.25, 0.3) is 5.91 Å². The Kier molecular flexibility index (Phi) is 4.86. The molecule has 0 saturated heterocycles. The van der Waals surface area contributed by atoms with Gasteiger partial charge in [-0.1, -0.05) is 6.07 Å². The molecule has 1 aliphatic rings. The molecule has 0 radical (unpaired) electrons. The Morgan fingerprint density at radius 1 is 1.38 bits per heavy atom. The molecule has 0 fully saturated rings. The second-order valence-corrected chi connectivity index (χ2v) is 5.47. The molecule has 3 rings (SSSR count). The third kappa shape index (κ3) is 3.28. The molecule has 1 aromatic carbocycles. The molecule has 0 spiro atoms. The summed E-state index contributed by atoms with van der Waals surface area (Å²) < 4.78 is 18.0. The highest BCUT2D eigenvalue weighted by Crippen LogP contribution is 2.26. The Hall–Kier alpha value is -2.73. The number of carbonyl (C=O) groups excluding carboxylic acids is 1. The van der Waals surface area contributed by atoms with Crippen molar-refractivity contribution in [1.82, 2.24) is 4.98 Å². The van der Waals surface area contributed by atoms with Crippen LogP contribution in [0.2, 0.25) is 0 Å². The number of nitrogens with two attached hydrogens (primary N) is 1. The van der Waals surface area contributed by atoms with Crippen LogP contribution < -0.4 is 15.4 Å². The van der Waals surface area contributed by atoms with Gasteiger partial charge < -0.3 is 10.5 Å². The fraction of sp³-hybridized carbons (Fsp3) is 0.222. The fourth-order valence-electron chi connectivity index (χ4n) is 2.60.